The SMILES string of the molecule is CCNC(=NCC(=O)OC(C)(C)C)NCCCOCC.I. The van der Waals surface area contributed by atoms with Crippen LogP contribution in [0.25, 0.3) is 0 Å². The highest BCUT2D eigenvalue weighted by molar-refractivity contribution is 14.0. The van der Waals surface area contributed by atoms with Crippen LogP contribution >= 0.6 is 24.0 Å². The lowest BCUT2D eigenvalue weighted by molar-refractivity contribution is -0.152. The summed E-state index contributed by atoms with van der Waals surface area (Å²) in [5, 5.41) is 6.23. The third-order valence-electron chi connectivity index (χ3n) is 2.09. The van der Waals surface area contributed by atoms with Crippen molar-refractivity contribution >= 4 is 35.9 Å². The molecule has 7 heteroatoms. The van der Waals surface area contributed by atoms with E-state index >= 15 is 0 Å². The van der Waals surface area contributed by atoms with E-state index in [1.165, 1.54) is 0 Å². The molecule has 0 bridgehead atoms. The first-order valence-corrected chi connectivity index (χ1v) is 7.20. The van der Waals surface area contributed by atoms with Crippen molar-refractivity contribution in [1.82, 2.24) is 10.6 Å². The van der Waals surface area contributed by atoms with Crippen LogP contribution in [-0.2, 0) is 14.3 Å². The van der Waals surface area contributed by atoms with E-state index in [9.17, 15) is 4.79 Å². The highest BCUT2D eigenvalue weighted by Gasteiger charge is 2.15. The molecule has 0 aliphatic carbocycles. The van der Waals surface area contributed by atoms with Crippen molar-refractivity contribution in [3.8, 4) is 0 Å². The second-order valence-electron chi connectivity index (χ2n) is 5.26. The van der Waals surface area contributed by atoms with Crippen LogP contribution < -0.4 is 10.6 Å². The summed E-state index contributed by atoms with van der Waals surface area (Å²) >= 11 is 0. The van der Waals surface area contributed by atoms with Crippen molar-refractivity contribution in [1.29, 1.82) is 0 Å². The molecule has 0 aromatic rings. The number of esters is 1. The number of carbonyl (C=O) groups is 1. The summed E-state index contributed by atoms with van der Waals surface area (Å²) in [4.78, 5) is 15.8. The lowest BCUT2D eigenvalue weighted by Crippen LogP contribution is -2.38. The predicted octanol–water partition coefficient (Wildman–Crippen LogP) is 1.93. The van der Waals surface area contributed by atoms with E-state index < -0.39 is 5.60 Å². The largest absolute Gasteiger partial charge is 0.459 e. The fraction of sp³-hybridized carbons (Fsp3) is 0.857. The zero-order valence-electron chi connectivity index (χ0n) is 13.8. The minimum absolute atomic E-state index is 0. The number of halogens is 1. The zero-order chi connectivity index (χ0) is 15.4. The van der Waals surface area contributed by atoms with Crippen molar-refractivity contribution in [3.63, 3.8) is 0 Å². The van der Waals surface area contributed by atoms with Crippen LogP contribution in [-0.4, -0.2) is 50.4 Å². The molecular weight excluding hydrogens is 385 g/mol. The third kappa shape index (κ3) is 15.6. The Balaban J connectivity index is 0. The van der Waals surface area contributed by atoms with Gasteiger partial charge in [-0.05, 0) is 41.0 Å². The number of nitrogens with zero attached hydrogens (tertiary/aromatic N) is 1. The smallest absolute Gasteiger partial charge is 0.328 e. The summed E-state index contributed by atoms with van der Waals surface area (Å²) in [5.41, 5.74) is -0.476. The molecule has 0 atom stereocenters. The fourth-order valence-corrected chi connectivity index (χ4v) is 1.38. The van der Waals surface area contributed by atoms with Gasteiger partial charge in [0.1, 0.15) is 12.1 Å². The maximum Gasteiger partial charge on any atom is 0.328 e. The monoisotopic (exact) mass is 415 g/mol. The molecule has 0 heterocycles. The van der Waals surface area contributed by atoms with Crippen LogP contribution in [0.3, 0.4) is 0 Å². The van der Waals surface area contributed by atoms with Gasteiger partial charge < -0.3 is 20.1 Å². The molecule has 0 saturated heterocycles. The Morgan fingerprint density at radius 1 is 1.19 bits per heavy atom. The summed E-state index contributed by atoms with van der Waals surface area (Å²) in [5.74, 6) is 0.291. The van der Waals surface area contributed by atoms with Gasteiger partial charge in [-0.25, -0.2) is 4.99 Å². The topological polar surface area (TPSA) is 72.0 Å². The summed E-state index contributed by atoms with van der Waals surface area (Å²) in [6.45, 7) is 12.4. The van der Waals surface area contributed by atoms with Gasteiger partial charge in [-0.3, -0.25) is 4.79 Å². The number of guanidine groups is 1. The molecule has 0 unspecified atom stereocenters. The summed E-state index contributed by atoms with van der Waals surface area (Å²) in [6.07, 6.45) is 0.894. The molecule has 0 aromatic carbocycles. The van der Waals surface area contributed by atoms with E-state index in [0.29, 0.717) is 5.96 Å². The number of hydrogen-bond acceptors (Lipinski definition) is 4. The number of hydrogen-bond donors (Lipinski definition) is 2. The average Bonchev–Trinajstić information content (AvgIpc) is 2.33. The van der Waals surface area contributed by atoms with Gasteiger partial charge in [0.15, 0.2) is 5.96 Å². The maximum atomic E-state index is 11.6. The number of carbonyl (C=O) groups excluding carboxylic acids is 1. The van der Waals surface area contributed by atoms with Crippen molar-refractivity contribution in [2.75, 3.05) is 32.8 Å². The van der Waals surface area contributed by atoms with E-state index in [-0.39, 0.29) is 36.5 Å². The van der Waals surface area contributed by atoms with Gasteiger partial charge in [0, 0.05) is 26.3 Å². The molecular formula is C14H30IN3O3. The van der Waals surface area contributed by atoms with Gasteiger partial charge >= 0.3 is 5.97 Å². The molecule has 0 aliphatic rings. The molecule has 0 amide bonds. The first-order valence-electron chi connectivity index (χ1n) is 7.20. The van der Waals surface area contributed by atoms with Gasteiger partial charge in [0.2, 0.25) is 0 Å². The first-order chi connectivity index (χ1) is 9.39. The fourth-order valence-electron chi connectivity index (χ4n) is 1.38. The molecule has 0 aliphatic heterocycles. The van der Waals surface area contributed by atoms with Crippen LogP contribution in [0, 0.1) is 0 Å². The molecule has 0 spiro atoms. The van der Waals surface area contributed by atoms with Crippen molar-refractivity contribution in [2.24, 2.45) is 4.99 Å². The van der Waals surface area contributed by atoms with Crippen LogP contribution in [0.4, 0.5) is 0 Å². The molecule has 0 saturated carbocycles. The summed E-state index contributed by atoms with van der Waals surface area (Å²) in [7, 11) is 0. The molecule has 0 rings (SSSR count). The molecule has 0 radical (unpaired) electrons. The molecule has 2 N–H and O–H groups in total. The van der Waals surface area contributed by atoms with Gasteiger partial charge in [0.05, 0.1) is 0 Å². The standard InChI is InChI=1S/C14H29N3O3.HI/c1-6-15-13(16-9-8-10-19-7-2)17-11-12(18)20-14(3,4)5;/h6-11H2,1-5H3,(H2,15,16,17);1H. The van der Waals surface area contributed by atoms with Gasteiger partial charge in [-0.15, -0.1) is 24.0 Å². The molecule has 0 aromatic heterocycles. The summed E-state index contributed by atoms with van der Waals surface area (Å²) < 4.78 is 10.5. The Hall–Kier alpha value is -0.570. The van der Waals surface area contributed by atoms with E-state index in [4.69, 9.17) is 9.47 Å². The Bertz CT molecular complexity index is 304. The maximum absolute atomic E-state index is 11.6. The Kier molecular flexibility index (Phi) is 14.2. The number of ether oxygens (including phenoxy) is 2. The van der Waals surface area contributed by atoms with Crippen molar-refractivity contribution in [3.05, 3.63) is 0 Å². The number of aliphatic imine (C=N–C) groups is 1. The number of nitrogens with one attached hydrogen (secondary N) is 2. The molecule has 0 fully saturated rings. The van der Waals surface area contributed by atoms with Gasteiger partial charge in [-0.1, -0.05) is 0 Å². The average molecular weight is 415 g/mol. The van der Waals surface area contributed by atoms with Crippen LogP contribution in [0.15, 0.2) is 4.99 Å². The van der Waals surface area contributed by atoms with Gasteiger partial charge in [0.25, 0.3) is 0 Å². The third-order valence-corrected chi connectivity index (χ3v) is 2.09. The molecule has 21 heavy (non-hydrogen) atoms. The summed E-state index contributed by atoms with van der Waals surface area (Å²) in [6, 6.07) is 0. The normalized spacial score (nSPS) is 11.6. The quantitative estimate of drug-likeness (QED) is 0.208. The Morgan fingerprint density at radius 3 is 2.38 bits per heavy atom. The van der Waals surface area contributed by atoms with Crippen molar-refractivity contribution < 1.29 is 14.3 Å². The first kappa shape index (κ1) is 22.7. The van der Waals surface area contributed by atoms with Crippen LogP contribution in [0.2, 0.25) is 0 Å². The highest BCUT2D eigenvalue weighted by Crippen LogP contribution is 2.06. The second kappa shape index (κ2) is 13.1. The Labute approximate surface area is 145 Å². The van der Waals surface area contributed by atoms with E-state index in [1.807, 2.05) is 34.6 Å². The Morgan fingerprint density at radius 2 is 1.86 bits per heavy atom. The minimum atomic E-state index is -0.476. The lowest BCUT2D eigenvalue weighted by Gasteiger charge is -2.19. The van der Waals surface area contributed by atoms with Gasteiger partial charge in [-0.2, -0.15) is 0 Å². The predicted molar refractivity (Wildman–Crippen MR) is 96.4 cm³/mol. The second-order valence-corrected chi connectivity index (χ2v) is 5.26. The van der Waals surface area contributed by atoms with Crippen LogP contribution in [0.5, 0.6) is 0 Å². The minimum Gasteiger partial charge on any atom is -0.459 e. The van der Waals surface area contributed by atoms with E-state index in [2.05, 4.69) is 15.6 Å². The highest BCUT2D eigenvalue weighted by atomic mass is 127. The van der Waals surface area contributed by atoms with E-state index in [1.54, 1.807) is 0 Å². The molecule has 126 valence electrons. The number of rotatable bonds is 8. The van der Waals surface area contributed by atoms with Crippen molar-refractivity contribution in [2.45, 2.75) is 46.6 Å². The van der Waals surface area contributed by atoms with Crippen LogP contribution in [0.1, 0.15) is 41.0 Å². The lowest BCUT2D eigenvalue weighted by atomic mass is 10.2. The zero-order valence-corrected chi connectivity index (χ0v) is 16.2. The van der Waals surface area contributed by atoms with E-state index in [0.717, 1.165) is 32.7 Å². The molecule has 6 nitrogen and oxygen atoms in total.